The molecule has 4 amide bonds. The predicted molar refractivity (Wildman–Crippen MR) is 93.2 cm³/mol. The van der Waals surface area contributed by atoms with Gasteiger partial charge in [0.2, 0.25) is 5.91 Å². The van der Waals surface area contributed by atoms with Crippen molar-refractivity contribution in [2.45, 2.75) is 57.0 Å². The minimum Gasteiger partial charge on any atom is -0.343 e. The van der Waals surface area contributed by atoms with Crippen molar-refractivity contribution in [1.29, 1.82) is 0 Å². The van der Waals surface area contributed by atoms with Crippen molar-refractivity contribution in [2.75, 3.05) is 13.1 Å². The molecule has 1 aromatic rings. The molecule has 140 valence electrons. The molecule has 0 aromatic carbocycles. The zero-order valence-electron chi connectivity index (χ0n) is 14.8. The molecule has 3 fully saturated rings. The van der Waals surface area contributed by atoms with Gasteiger partial charge < -0.3 is 14.8 Å². The highest BCUT2D eigenvalue weighted by atomic mass is 16.2. The van der Waals surface area contributed by atoms with Crippen LogP contribution in [0.15, 0.2) is 12.4 Å². The number of amides is 4. The maximum absolute atomic E-state index is 12.4. The van der Waals surface area contributed by atoms with Gasteiger partial charge >= 0.3 is 6.03 Å². The summed E-state index contributed by atoms with van der Waals surface area (Å²) in [6, 6.07) is -1.26. The number of hydrogen-bond donors (Lipinski definition) is 2. The van der Waals surface area contributed by atoms with E-state index in [1.54, 1.807) is 4.90 Å². The summed E-state index contributed by atoms with van der Waals surface area (Å²) in [5.74, 6) is 1.81. The Balaban J connectivity index is 1.30. The minimum atomic E-state index is -0.742. The number of rotatable bonds is 5. The number of likely N-dealkylation sites (tertiary alicyclic amines) is 1. The molecule has 2 aliphatic heterocycles. The standard InChI is InChI=1S/C18H25N5O3/c24-15(10-14-17(25)21-18(26)20-14)22-7-4-13(5-8-22)16-19-6-9-23(16)11-12-2-1-3-12/h6,9,12-14H,1-5,7-8,10-11H2,(H2,20,21,25,26)/t14-/m0/s1. The Kier molecular flexibility index (Phi) is 4.65. The molecular weight excluding hydrogens is 334 g/mol. The van der Waals surface area contributed by atoms with E-state index in [0.717, 1.165) is 31.1 Å². The summed E-state index contributed by atoms with van der Waals surface area (Å²) in [4.78, 5) is 41.6. The summed E-state index contributed by atoms with van der Waals surface area (Å²) in [5.41, 5.74) is 0. The van der Waals surface area contributed by atoms with Gasteiger partial charge in [-0.25, -0.2) is 9.78 Å². The molecule has 0 radical (unpaired) electrons. The molecule has 8 nitrogen and oxygen atoms in total. The fourth-order valence-electron chi connectivity index (χ4n) is 4.08. The summed E-state index contributed by atoms with van der Waals surface area (Å²) in [7, 11) is 0. The Hall–Kier alpha value is -2.38. The summed E-state index contributed by atoms with van der Waals surface area (Å²) in [5, 5.41) is 4.64. The van der Waals surface area contributed by atoms with E-state index in [1.165, 1.54) is 19.3 Å². The van der Waals surface area contributed by atoms with E-state index in [2.05, 4.69) is 26.4 Å². The molecule has 0 bridgehead atoms. The van der Waals surface area contributed by atoms with E-state index in [1.807, 2.05) is 6.20 Å². The molecule has 1 atom stereocenters. The van der Waals surface area contributed by atoms with Crippen molar-refractivity contribution >= 4 is 17.8 Å². The van der Waals surface area contributed by atoms with E-state index in [0.29, 0.717) is 19.0 Å². The fraction of sp³-hybridized carbons (Fsp3) is 0.667. The molecule has 2 N–H and O–H groups in total. The second-order valence-electron chi connectivity index (χ2n) is 7.61. The molecular formula is C18H25N5O3. The van der Waals surface area contributed by atoms with Crippen LogP contribution in [0.1, 0.15) is 50.3 Å². The normalized spacial score (nSPS) is 24.3. The van der Waals surface area contributed by atoms with Crippen molar-refractivity contribution in [2.24, 2.45) is 5.92 Å². The van der Waals surface area contributed by atoms with Gasteiger partial charge in [-0.15, -0.1) is 0 Å². The Morgan fingerprint density at radius 3 is 2.58 bits per heavy atom. The van der Waals surface area contributed by atoms with Crippen molar-refractivity contribution in [3.63, 3.8) is 0 Å². The van der Waals surface area contributed by atoms with E-state index in [-0.39, 0.29) is 12.3 Å². The van der Waals surface area contributed by atoms with E-state index >= 15 is 0 Å². The lowest BCUT2D eigenvalue weighted by atomic mass is 9.85. The van der Waals surface area contributed by atoms with E-state index in [9.17, 15) is 14.4 Å². The average molecular weight is 359 g/mol. The first-order chi connectivity index (χ1) is 12.6. The third kappa shape index (κ3) is 3.45. The van der Waals surface area contributed by atoms with Crippen LogP contribution >= 0.6 is 0 Å². The zero-order valence-corrected chi connectivity index (χ0v) is 14.8. The SMILES string of the molecule is O=C1NC(=O)[C@H](CC(=O)N2CCC(c3nccn3CC3CCC3)CC2)N1. The molecule has 1 aliphatic carbocycles. The average Bonchev–Trinajstić information content (AvgIpc) is 3.17. The number of urea groups is 1. The first-order valence-electron chi connectivity index (χ1n) is 9.50. The highest BCUT2D eigenvalue weighted by Gasteiger charge is 2.34. The van der Waals surface area contributed by atoms with Crippen LogP contribution in [0.2, 0.25) is 0 Å². The third-order valence-corrected chi connectivity index (χ3v) is 5.88. The quantitative estimate of drug-likeness (QED) is 0.766. The summed E-state index contributed by atoms with van der Waals surface area (Å²) >= 11 is 0. The Morgan fingerprint density at radius 2 is 1.96 bits per heavy atom. The van der Waals surface area contributed by atoms with Gasteiger partial charge in [-0.2, -0.15) is 0 Å². The van der Waals surface area contributed by atoms with Crippen LogP contribution in [-0.4, -0.2) is 51.4 Å². The summed E-state index contributed by atoms with van der Waals surface area (Å²) < 4.78 is 2.30. The van der Waals surface area contributed by atoms with E-state index < -0.39 is 18.0 Å². The van der Waals surface area contributed by atoms with Crippen LogP contribution in [0.4, 0.5) is 4.79 Å². The lowest BCUT2D eigenvalue weighted by Gasteiger charge is -2.33. The predicted octanol–water partition coefficient (Wildman–Crippen LogP) is 0.987. The molecule has 0 spiro atoms. The number of aromatic nitrogens is 2. The van der Waals surface area contributed by atoms with Crippen molar-refractivity contribution < 1.29 is 14.4 Å². The third-order valence-electron chi connectivity index (χ3n) is 5.88. The van der Waals surface area contributed by atoms with Crippen molar-refractivity contribution in [3.8, 4) is 0 Å². The van der Waals surface area contributed by atoms with Crippen LogP contribution < -0.4 is 10.6 Å². The second-order valence-corrected chi connectivity index (χ2v) is 7.61. The maximum atomic E-state index is 12.4. The Morgan fingerprint density at radius 1 is 1.19 bits per heavy atom. The molecule has 3 heterocycles. The minimum absolute atomic E-state index is 0.0263. The Labute approximate surface area is 152 Å². The fourth-order valence-corrected chi connectivity index (χ4v) is 4.08. The van der Waals surface area contributed by atoms with Gasteiger partial charge in [0.15, 0.2) is 0 Å². The second kappa shape index (κ2) is 7.09. The molecule has 1 saturated carbocycles. The van der Waals surface area contributed by atoms with E-state index in [4.69, 9.17) is 0 Å². The summed E-state index contributed by atoms with van der Waals surface area (Å²) in [6.45, 7) is 2.40. The van der Waals surface area contributed by atoms with Crippen molar-refractivity contribution in [3.05, 3.63) is 18.2 Å². The smallest absolute Gasteiger partial charge is 0.322 e. The monoisotopic (exact) mass is 359 g/mol. The first-order valence-corrected chi connectivity index (χ1v) is 9.50. The van der Waals surface area contributed by atoms with Crippen LogP contribution in [0.3, 0.4) is 0 Å². The largest absolute Gasteiger partial charge is 0.343 e. The molecule has 3 aliphatic rings. The van der Waals surface area contributed by atoms with Gasteiger partial charge in [0, 0.05) is 37.9 Å². The molecule has 0 unspecified atom stereocenters. The van der Waals surface area contributed by atoms with Gasteiger partial charge in [-0.3, -0.25) is 14.9 Å². The Bertz CT molecular complexity index is 703. The molecule has 2 saturated heterocycles. The van der Waals surface area contributed by atoms with Crippen LogP contribution in [0.25, 0.3) is 0 Å². The van der Waals surface area contributed by atoms with Gasteiger partial charge in [0.25, 0.3) is 5.91 Å². The lowest BCUT2D eigenvalue weighted by Crippen LogP contribution is -2.42. The number of imide groups is 1. The molecule has 4 rings (SSSR count). The number of imidazole rings is 1. The van der Waals surface area contributed by atoms with Crippen LogP contribution in [0.5, 0.6) is 0 Å². The van der Waals surface area contributed by atoms with Gasteiger partial charge in [0.05, 0.1) is 6.42 Å². The molecule has 26 heavy (non-hydrogen) atoms. The number of carbonyl (C=O) groups is 3. The number of hydrogen-bond acceptors (Lipinski definition) is 4. The maximum Gasteiger partial charge on any atom is 0.322 e. The molecule has 1 aromatic heterocycles. The number of nitrogens with one attached hydrogen (secondary N) is 2. The van der Waals surface area contributed by atoms with Gasteiger partial charge in [-0.1, -0.05) is 6.42 Å². The van der Waals surface area contributed by atoms with Gasteiger partial charge in [-0.05, 0) is 31.6 Å². The lowest BCUT2D eigenvalue weighted by molar-refractivity contribution is -0.134. The zero-order chi connectivity index (χ0) is 18.1. The van der Waals surface area contributed by atoms with Crippen LogP contribution in [-0.2, 0) is 16.1 Å². The number of carbonyl (C=O) groups excluding carboxylic acids is 3. The highest BCUT2D eigenvalue weighted by Crippen LogP contribution is 2.31. The van der Waals surface area contributed by atoms with Crippen LogP contribution in [0, 0.1) is 5.92 Å². The van der Waals surface area contributed by atoms with Crippen molar-refractivity contribution in [1.82, 2.24) is 25.1 Å². The van der Waals surface area contributed by atoms with Gasteiger partial charge in [0.1, 0.15) is 11.9 Å². The topological polar surface area (TPSA) is 96.3 Å². The first kappa shape index (κ1) is 17.1. The summed E-state index contributed by atoms with van der Waals surface area (Å²) in [6.07, 6.45) is 9.73. The number of piperidine rings is 1. The molecule has 8 heteroatoms. The number of nitrogens with zero attached hydrogens (tertiary/aromatic N) is 3. The highest BCUT2D eigenvalue weighted by molar-refractivity contribution is 6.05.